The van der Waals surface area contributed by atoms with E-state index in [1.165, 1.54) is 0 Å². The fraction of sp³-hybridized carbons (Fsp3) is 0.556. The topological polar surface area (TPSA) is 78.9 Å². The quantitative estimate of drug-likeness (QED) is 0.828. The molecule has 1 heterocycles. The second kappa shape index (κ2) is 6.09. The van der Waals surface area contributed by atoms with Gasteiger partial charge in [0.25, 0.3) is 5.91 Å². The van der Waals surface area contributed by atoms with Crippen LogP contribution in [0.5, 0.6) is 5.75 Å². The fourth-order valence-electron chi connectivity index (χ4n) is 3.63. The summed E-state index contributed by atoms with van der Waals surface area (Å²) in [6, 6.07) is 6.66. The Morgan fingerprint density at radius 1 is 1.25 bits per heavy atom. The standard InChI is InChI=1S/C18H24N2O4/c1-17(13-7-6-8-14(11-13)24-2)15(21)20(16(22)19-17)12-18(23)9-4-3-5-10-18/h6-8,11,23H,3-5,9-10,12H2,1-2H3,(H,19,22)/t17-/m0/s1. The molecule has 6 nitrogen and oxygen atoms in total. The van der Waals surface area contributed by atoms with E-state index in [2.05, 4.69) is 5.32 Å². The molecule has 1 saturated heterocycles. The first kappa shape index (κ1) is 16.8. The third-order valence-electron chi connectivity index (χ3n) is 5.16. The van der Waals surface area contributed by atoms with Crippen molar-refractivity contribution in [2.45, 2.75) is 50.2 Å². The minimum absolute atomic E-state index is 0.0528. The number of urea groups is 1. The van der Waals surface area contributed by atoms with Gasteiger partial charge >= 0.3 is 6.03 Å². The Kier molecular flexibility index (Phi) is 4.25. The molecular weight excluding hydrogens is 308 g/mol. The van der Waals surface area contributed by atoms with Gasteiger partial charge in [-0.05, 0) is 37.5 Å². The molecule has 0 unspecified atom stereocenters. The number of β-amino-alcohol motifs (C(OH)–C–C–N with tert-alkyl or cyclic N) is 1. The Labute approximate surface area is 141 Å². The SMILES string of the molecule is COc1cccc([C@]2(C)NC(=O)N(CC3(O)CCCCC3)C2=O)c1. The highest BCUT2D eigenvalue weighted by molar-refractivity contribution is 6.07. The number of nitrogens with zero attached hydrogens (tertiary/aromatic N) is 1. The van der Waals surface area contributed by atoms with Crippen molar-refractivity contribution in [1.29, 1.82) is 0 Å². The number of rotatable bonds is 4. The molecule has 130 valence electrons. The number of nitrogens with one attached hydrogen (secondary N) is 1. The van der Waals surface area contributed by atoms with Gasteiger partial charge in [-0.3, -0.25) is 9.69 Å². The summed E-state index contributed by atoms with van der Waals surface area (Å²) in [5.74, 6) is 0.292. The summed E-state index contributed by atoms with van der Waals surface area (Å²) in [6.45, 7) is 1.74. The van der Waals surface area contributed by atoms with Crippen molar-refractivity contribution in [1.82, 2.24) is 10.2 Å². The molecule has 3 amide bonds. The molecule has 0 bridgehead atoms. The summed E-state index contributed by atoms with van der Waals surface area (Å²) >= 11 is 0. The Hall–Kier alpha value is -2.08. The maximum absolute atomic E-state index is 12.9. The van der Waals surface area contributed by atoms with E-state index in [0.29, 0.717) is 24.2 Å². The van der Waals surface area contributed by atoms with E-state index in [0.717, 1.165) is 24.2 Å². The molecule has 24 heavy (non-hydrogen) atoms. The molecule has 1 aromatic carbocycles. The number of methoxy groups -OCH3 is 1. The Morgan fingerprint density at radius 3 is 2.62 bits per heavy atom. The van der Waals surface area contributed by atoms with Crippen LogP contribution in [0.15, 0.2) is 24.3 Å². The van der Waals surface area contributed by atoms with Crippen molar-refractivity contribution in [2.24, 2.45) is 0 Å². The van der Waals surface area contributed by atoms with E-state index in [1.54, 1.807) is 38.3 Å². The van der Waals surface area contributed by atoms with Crippen LogP contribution >= 0.6 is 0 Å². The van der Waals surface area contributed by atoms with E-state index in [4.69, 9.17) is 4.74 Å². The summed E-state index contributed by atoms with van der Waals surface area (Å²) in [4.78, 5) is 26.5. The first-order valence-corrected chi connectivity index (χ1v) is 8.39. The predicted molar refractivity (Wildman–Crippen MR) is 88.6 cm³/mol. The lowest BCUT2D eigenvalue weighted by Crippen LogP contribution is -2.48. The lowest BCUT2D eigenvalue weighted by molar-refractivity contribution is -0.134. The van der Waals surface area contributed by atoms with Gasteiger partial charge < -0.3 is 15.2 Å². The highest BCUT2D eigenvalue weighted by atomic mass is 16.5. The molecule has 1 aliphatic carbocycles. The maximum atomic E-state index is 12.9. The largest absolute Gasteiger partial charge is 0.497 e. The average molecular weight is 332 g/mol. The molecule has 2 fully saturated rings. The van der Waals surface area contributed by atoms with Crippen LogP contribution in [0.2, 0.25) is 0 Å². The molecule has 1 aliphatic heterocycles. The molecule has 3 rings (SSSR count). The van der Waals surface area contributed by atoms with Crippen molar-refractivity contribution < 1.29 is 19.4 Å². The predicted octanol–water partition coefficient (Wildman–Crippen LogP) is 2.16. The molecule has 1 saturated carbocycles. The molecule has 2 aliphatic rings. The molecule has 0 spiro atoms. The number of carbonyl (C=O) groups excluding carboxylic acids is 2. The molecule has 6 heteroatoms. The monoisotopic (exact) mass is 332 g/mol. The fourth-order valence-corrected chi connectivity index (χ4v) is 3.63. The smallest absolute Gasteiger partial charge is 0.325 e. The number of hydrogen-bond donors (Lipinski definition) is 2. The Morgan fingerprint density at radius 2 is 1.96 bits per heavy atom. The van der Waals surface area contributed by atoms with Gasteiger partial charge in [0.05, 0.1) is 19.3 Å². The third kappa shape index (κ3) is 2.86. The van der Waals surface area contributed by atoms with Gasteiger partial charge in [-0.1, -0.05) is 31.4 Å². The van der Waals surface area contributed by atoms with Crippen molar-refractivity contribution in [3.8, 4) is 5.75 Å². The number of ether oxygens (including phenoxy) is 1. The lowest BCUT2D eigenvalue weighted by atomic mass is 9.84. The minimum atomic E-state index is -1.14. The third-order valence-corrected chi connectivity index (χ3v) is 5.16. The summed E-state index contributed by atoms with van der Waals surface area (Å²) < 4.78 is 5.21. The van der Waals surface area contributed by atoms with Crippen molar-refractivity contribution in [3.05, 3.63) is 29.8 Å². The van der Waals surface area contributed by atoms with Crippen LogP contribution < -0.4 is 10.1 Å². The zero-order chi connectivity index (χ0) is 17.4. The number of hydrogen-bond acceptors (Lipinski definition) is 4. The van der Waals surface area contributed by atoms with Gasteiger partial charge in [0.2, 0.25) is 0 Å². The molecule has 1 aromatic rings. The number of imide groups is 1. The van der Waals surface area contributed by atoms with Crippen LogP contribution in [-0.2, 0) is 10.3 Å². The van der Waals surface area contributed by atoms with Crippen molar-refractivity contribution >= 4 is 11.9 Å². The van der Waals surface area contributed by atoms with Crippen LogP contribution in [0, 0.1) is 0 Å². The first-order chi connectivity index (χ1) is 11.4. The van der Waals surface area contributed by atoms with Crippen LogP contribution in [0.3, 0.4) is 0 Å². The summed E-state index contributed by atoms with van der Waals surface area (Å²) in [5, 5.41) is 13.5. The van der Waals surface area contributed by atoms with Gasteiger partial charge in [-0.25, -0.2) is 4.79 Å². The van der Waals surface area contributed by atoms with Gasteiger partial charge in [-0.15, -0.1) is 0 Å². The zero-order valence-corrected chi connectivity index (χ0v) is 14.2. The first-order valence-electron chi connectivity index (χ1n) is 8.39. The van der Waals surface area contributed by atoms with E-state index in [9.17, 15) is 14.7 Å². The Balaban J connectivity index is 1.85. The number of aliphatic hydroxyl groups is 1. The Bertz CT molecular complexity index is 654. The van der Waals surface area contributed by atoms with Crippen molar-refractivity contribution in [3.63, 3.8) is 0 Å². The van der Waals surface area contributed by atoms with Gasteiger partial charge in [0, 0.05) is 0 Å². The second-order valence-electron chi connectivity index (χ2n) is 6.96. The van der Waals surface area contributed by atoms with Gasteiger partial charge in [-0.2, -0.15) is 0 Å². The molecule has 2 N–H and O–H groups in total. The highest BCUT2D eigenvalue weighted by Crippen LogP contribution is 2.34. The highest BCUT2D eigenvalue weighted by Gasteiger charge is 2.51. The number of benzene rings is 1. The summed E-state index contributed by atoms with van der Waals surface area (Å²) in [7, 11) is 1.56. The number of amides is 3. The van der Waals surface area contributed by atoms with E-state index >= 15 is 0 Å². The zero-order valence-electron chi connectivity index (χ0n) is 14.2. The molecule has 0 radical (unpaired) electrons. The number of carbonyl (C=O) groups is 2. The van der Waals surface area contributed by atoms with Crippen LogP contribution in [0.1, 0.15) is 44.6 Å². The second-order valence-corrected chi connectivity index (χ2v) is 6.96. The molecule has 1 atom stereocenters. The normalized spacial score (nSPS) is 26.4. The summed E-state index contributed by atoms with van der Waals surface area (Å²) in [6.07, 6.45) is 4.18. The minimum Gasteiger partial charge on any atom is -0.497 e. The van der Waals surface area contributed by atoms with Crippen LogP contribution in [0.4, 0.5) is 4.79 Å². The molecule has 0 aromatic heterocycles. The lowest BCUT2D eigenvalue weighted by Gasteiger charge is -2.34. The van der Waals surface area contributed by atoms with Gasteiger partial charge in [0.1, 0.15) is 11.3 Å². The van der Waals surface area contributed by atoms with E-state index in [1.807, 2.05) is 0 Å². The van der Waals surface area contributed by atoms with Crippen LogP contribution in [-0.4, -0.2) is 41.2 Å². The maximum Gasteiger partial charge on any atom is 0.325 e. The van der Waals surface area contributed by atoms with Crippen molar-refractivity contribution in [2.75, 3.05) is 13.7 Å². The summed E-state index contributed by atoms with van der Waals surface area (Å²) in [5.41, 5.74) is -1.44. The van der Waals surface area contributed by atoms with E-state index < -0.39 is 17.2 Å². The average Bonchev–Trinajstić information content (AvgIpc) is 2.80. The van der Waals surface area contributed by atoms with E-state index in [-0.39, 0.29) is 12.5 Å². The van der Waals surface area contributed by atoms with Gasteiger partial charge in [0.15, 0.2) is 0 Å². The van der Waals surface area contributed by atoms with Crippen LogP contribution in [0.25, 0.3) is 0 Å². The molecular formula is C18H24N2O4.